The molecule has 2 unspecified atom stereocenters. The van der Waals surface area contributed by atoms with Gasteiger partial charge in [-0.15, -0.1) is 0 Å². The predicted octanol–water partition coefficient (Wildman–Crippen LogP) is 1.32. The number of aromatic nitrogens is 1. The van der Waals surface area contributed by atoms with Crippen molar-refractivity contribution in [3.8, 4) is 0 Å². The van der Waals surface area contributed by atoms with Crippen molar-refractivity contribution in [1.82, 2.24) is 4.98 Å². The molecule has 0 saturated heterocycles. The molecule has 2 rings (SSSR count). The number of nitrogens with zero attached hydrogens (tertiary/aromatic N) is 1. The molecule has 1 aliphatic carbocycles. The van der Waals surface area contributed by atoms with Gasteiger partial charge in [-0.25, -0.2) is 4.79 Å². The Morgan fingerprint density at radius 3 is 2.50 bits per heavy atom. The highest BCUT2D eigenvalue weighted by atomic mass is 16.5. The van der Waals surface area contributed by atoms with Crippen molar-refractivity contribution in [3.63, 3.8) is 0 Å². The van der Waals surface area contributed by atoms with Crippen molar-refractivity contribution < 1.29 is 9.53 Å². The van der Waals surface area contributed by atoms with Gasteiger partial charge in [-0.2, -0.15) is 0 Å². The SMILES string of the molecule is COC(=O)c1ccc(C2C(N)C2(C)C)nc1. The molecule has 0 aromatic carbocycles. The van der Waals surface area contributed by atoms with Crippen molar-refractivity contribution in [2.75, 3.05) is 7.11 Å². The van der Waals surface area contributed by atoms with Gasteiger partial charge in [0, 0.05) is 23.9 Å². The summed E-state index contributed by atoms with van der Waals surface area (Å²) < 4.78 is 4.61. The molecule has 0 bridgehead atoms. The van der Waals surface area contributed by atoms with E-state index in [2.05, 4.69) is 23.6 Å². The third-order valence-corrected chi connectivity index (χ3v) is 3.44. The van der Waals surface area contributed by atoms with Crippen molar-refractivity contribution >= 4 is 5.97 Å². The van der Waals surface area contributed by atoms with Gasteiger partial charge in [0.1, 0.15) is 0 Å². The number of methoxy groups -OCH3 is 1. The number of hydrogen-bond acceptors (Lipinski definition) is 4. The average molecular weight is 220 g/mol. The van der Waals surface area contributed by atoms with E-state index in [1.54, 1.807) is 12.3 Å². The average Bonchev–Trinajstić information content (AvgIpc) is 2.77. The number of hydrogen-bond donors (Lipinski definition) is 1. The van der Waals surface area contributed by atoms with Gasteiger partial charge in [0.25, 0.3) is 0 Å². The minimum absolute atomic E-state index is 0.111. The van der Waals surface area contributed by atoms with E-state index in [-0.39, 0.29) is 17.4 Å². The van der Waals surface area contributed by atoms with Crippen LogP contribution in [-0.2, 0) is 4.74 Å². The number of carbonyl (C=O) groups excluding carboxylic acids is 1. The highest BCUT2D eigenvalue weighted by Crippen LogP contribution is 2.56. The summed E-state index contributed by atoms with van der Waals surface area (Å²) in [6, 6.07) is 3.74. The van der Waals surface area contributed by atoms with E-state index in [9.17, 15) is 4.79 Å². The van der Waals surface area contributed by atoms with Crippen LogP contribution in [0.15, 0.2) is 18.3 Å². The highest BCUT2D eigenvalue weighted by Gasteiger charge is 2.56. The second-order valence-electron chi connectivity index (χ2n) is 4.79. The molecule has 1 saturated carbocycles. The Labute approximate surface area is 94.8 Å². The Kier molecular flexibility index (Phi) is 2.46. The van der Waals surface area contributed by atoms with Crippen LogP contribution in [0.5, 0.6) is 0 Å². The van der Waals surface area contributed by atoms with Gasteiger partial charge >= 0.3 is 5.97 Å². The van der Waals surface area contributed by atoms with Crippen LogP contribution in [0.2, 0.25) is 0 Å². The van der Waals surface area contributed by atoms with Gasteiger partial charge in [0.05, 0.1) is 12.7 Å². The van der Waals surface area contributed by atoms with Gasteiger partial charge < -0.3 is 10.5 Å². The molecule has 4 nitrogen and oxygen atoms in total. The summed E-state index contributed by atoms with van der Waals surface area (Å²) in [6.45, 7) is 4.25. The highest BCUT2D eigenvalue weighted by molar-refractivity contribution is 5.88. The maximum atomic E-state index is 11.2. The van der Waals surface area contributed by atoms with Crippen LogP contribution in [0.3, 0.4) is 0 Å². The lowest BCUT2D eigenvalue weighted by molar-refractivity contribution is 0.0600. The van der Waals surface area contributed by atoms with Crippen LogP contribution in [-0.4, -0.2) is 24.1 Å². The van der Waals surface area contributed by atoms with E-state index in [0.29, 0.717) is 11.5 Å². The van der Waals surface area contributed by atoms with Crippen LogP contribution >= 0.6 is 0 Å². The van der Waals surface area contributed by atoms with Gasteiger partial charge in [-0.05, 0) is 17.5 Å². The third kappa shape index (κ3) is 1.59. The first-order chi connectivity index (χ1) is 7.48. The van der Waals surface area contributed by atoms with Crippen molar-refractivity contribution in [2.45, 2.75) is 25.8 Å². The van der Waals surface area contributed by atoms with E-state index < -0.39 is 0 Å². The summed E-state index contributed by atoms with van der Waals surface area (Å²) >= 11 is 0. The molecule has 1 fully saturated rings. The van der Waals surface area contributed by atoms with Crippen LogP contribution in [0.25, 0.3) is 0 Å². The molecule has 1 aliphatic rings. The lowest BCUT2D eigenvalue weighted by Crippen LogP contribution is -2.06. The Bertz CT molecular complexity index is 412. The van der Waals surface area contributed by atoms with E-state index in [4.69, 9.17) is 5.73 Å². The van der Waals surface area contributed by atoms with Crippen molar-refractivity contribution in [2.24, 2.45) is 11.1 Å². The summed E-state index contributed by atoms with van der Waals surface area (Å²) in [4.78, 5) is 15.5. The number of carbonyl (C=O) groups is 1. The quantitative estimate of drug-likeness (QED) is 0.763. The first-order valence-electron chi connectivity index (χ1n) is 5.28. The smallest absolute Gasteiger partial charge is 0.339 e. The summed E-state index contributed by atoms with van der Waals surface area (Å²) in [5, 5.41) is 0. The topological polar surface area (TPSA) is 65.2 Å². The van der Waals surface area contributed by atoms with Gasteiger partial charge in [0.15, 0.2) is 0 Å². The standard InChI is InChI=1S/C12H16N2O2/c1-12(2)9(10(12)13)8-5-4-7(6-14-8)11(15)16-3/h4-6,9-10H,13H2,1-3H3. The lowest BCUT2D eigenvalue weighted by atomic mass is 10.1. The number of ether oxygens (including phenoxy) is 1. The lowest BCUT2D eigenvalue weighted by Gasteiger charge is -2.03. The molecule has 0 radical (unpaired) electrons. The zero-order valence-corrected chi connectivity index (χ0v) is 9.73. The number of nitrogens with two attached hydrogens (primary N) is 1. The fraction of sp³-hybridized carbons (Fsp3) is 0.500. The summed E-state index contributed by atoms with van der Waals surface area (Å²) in [5.74, 6) is -0.0717. The number of pyridine rings is 1. The molecule has 1 aromatic rings. The molecule has 1 aromatic heterocycles. The molecular formula is C12H16N2O2. The van der Waals surface area contributed by atoms with E-state index >= 15 is 0 Å². The molecule has 0 amide bonds. The molecule has 86 valence electrons. The zero-order valence-electron chi connectivity index (χ0n) is 9.73. The first-order valence-corrected chi connectivity index (χ1v) is 5.28. The van der Waals surface area contributed by atoms with Crippen LogP contribution in [0, 0.1) is 5.41 Å². The van der Waals surface area contributed by atoms with Crippen molar-refractivity contribution in [1.29, 1.82) is 0 Å². The van der Waals surface area contributed by atoms with Crippen LogP contribution < -0.4 is 5.73 Å². The Hall–Kier alpha value is -1.42. The maximum absolute atomic E-state index is 11.2. The second kappa shape index (κ2) is 3.56. The molecule has 2 atom stereocenters. The first kappa shape index (κ1) is 11.1. The summed E-state index contributed by atoms with van der Waals surface area (Å²) in [5.41, 5.74) is 7.50. The monoisotopic (exact) mass is 220 g/mol. The van der Waals surface area contributed by atoms with Gasteiger partial charge in [-0.1, -0.05) is 13.8 Å². The second-order valence-corrected chi connectivity index (χ2v) is 4.79. The predicted molar refractivity (Wildman–Crippen MR) is 60.1 cm³/mol. The van der Waals surface area contributed by atoms with Crippen LogP contribution in [0.4, 0.5) is 0 Å². The van der Waals surface area contributed by atoms with Crippen LogP contribution in [0.1, 0.15) is 35.8 Å². The van der Waals surface area contributed by atoms with E-state index in [1.165, 1.54) is 7.11 Å². The molecule has 4 heteroatoms. The Balaban J connectivity index is 2.18. The Morgan fingerprint density at radius 1 is 1.50 bits per heavy atom. The largest absolute Gasteiger partial charge is 0.465 e. The molecule has 0 spiro atoms. The maximum Gasteiger partial charge on any atom is 0.339 e. The minimum atomic E-state index is -0.363. The fourth-order valence-corrected chi connectivity index (χ4v) is 2.07. The molecule has 2 N–H and O–H groups in total. The van der Waals surface area contributed by atoms with Gasteiger partial charge in [0.2, 0.25) is 0 Å². The minimum Gasteiger partial charge on any atom is -0.465 e. The number of rotatable bonds is 2. The molecular weight excluding hydrogens is 204 g/mol. The van der Waals surface area contributed by atoms with Crippen molar-refractivity contribution in [3.05, 3.63) is 29.6 Å². The number of esters is 1. The molecule has 16 heavy (non-hydrogen) atoms. The third-order valence-electron chi connectivity index (χ3n) is 3.44. The Morgan fingerprint density at radius 2 is 2.12 bits per heavy atom. The van der Waals surface area contributed by atoms with E-state index in [0.717, 1.165) is 5.69 Å². The fourth-order valence-electron chi connectivity index (χ4n) is 2.07. The van der Waals surface area contributed by atoms with Gasteiger partial charge in [-0.3, -0.25) is 4.98 Å². The zero-order chi connectivity index (χ0) is 11.9. The molecule has 1 heterocycles. The summed E-state index contributed by atoms with van der Waals surface area (Å²) in [6.07, 6.45) is 1.54. The normalized spacial score (nSPS) is 26.2. The van der Waals surface area contributed by atoms with E-state index in [1.807, 2.05) is 6.07 Å². The molecule has 0 aliphatic heterocycles. The summed E-state index contributed by atoms with van der Waals surface area (Å²) in [7, 11) is 1.36.